The molecule has 0 bridgehead atoms. The first-order chi connectivity index (χ1) is 9.72. The van der Waals surface area contributed by atoms with Crippen LogP contribution in [0.25, 0.3) is 22.6 Å². The highest BCUT2D eigenvalue weighted by atomic mass is 16.5. The van der Waals surface area contributed by atoms with E-state index in [9.17, 15) is 0 Å². The van der Waals surface area contributed by atoms with Crippen molar-refractivity contribution in [3.05, 3.63) is 30.7 Å². The fourth-order valence-electron chi connectivity index (χ4n) is 2.03. The van der Waals surface area contributed by atoms with Gasteiger partial charge < -0.3 is 14.0 Å². The van der Waals surface area contributed by atoms with E-state index in [-0.39, 0.29) is 0 Å². The second kappa shape index (κ2) is 4.80. The van der Waals surface area contributed by atoms with Crippen LogP contribution in [0, 0.1) is 0 Å². The molecule has 0 radical (unpaired) electrons. The predicted molar refractivity (Wildman–Crippen MR) is 74.8 cm³/mol. The molecule has 0 aliphatic rings. The summed E-state index contributed by atoms with van der Waals surface area (Å²) in [4.78, 5) is 13.1. The van der Waals surface area contributed by atoms with Crippen LogP contribution in [0.3, 0.4) is 0 Å². The molecule has 0 N–H and O–H groups in total. The van der Waals surface area contributed by atoms with Crippen molar-refractivity contribution in [2.24, 2.45) is 7.05 Å². The highest BCUT2D eigenvalue weighted by molar-refractivity contribution is 5.73. The Morgan fingerprint density at radius 2 is 1.85 bits per heavy atom. The maximum Gasteiger partial charge on any atom is 0.181 e. The number of aryl methyl sites for hydroxylation is 1. The molecule has 6 heteroatoms. The van der Waals surface area contributed by atoms with Gasteiger partial charge in [0, 0.05) is 12.6 Å². The number of nitrogens with zero attached hydrogens (tertiary/aromatic N) is 4. The molecule has 0 atom stereocenters. The topological polar surface area (TPSA) is 62.1 Å². The lowest BCUT2D eigenvalue weighted by Gasteiger charge is -2.08. The van der Waals surface area contributed by atoms with Gasteiger partial charge in [0.15, 0.2) is 23.0 Å². The molecule has 6 nitrogen and oxygen atoms in total. The van der Waals surface area contributed by atoms with Gasteiger partial charge in [0.1, 0.15) is 5.52 Å². The molecule has 0 spiro atoms. The molecule has 0 saturated carbocycles. The summed E-state index contributed by atoms with van der Waals surface area (Å²) in [6, 6.07) is 5.58. The van der Waals surface area contributed by atoms with Crippen molar-refractivity contribution in [1.29, 1.82) is 0 Å². The predicted octanol–water partition coefficient (Wildman–Crippen LogP) is 2.05. The first kappa shape index (κ1) is 12.4. The number of hydrogen-bond acceptors (Lipinski definition) is 5. The number of aromatic nitrogens is 4. The fourth-order valence-corrected chi connectivity index (χ4v) is 2.03. The Bertz CT molecular complexity index is 767. The zero-order valence-electron chi connectivity index (χ0n) is 11.5. The average molecular weight is 270 g/mol. The summed E-state index contributed by atoms with van der Waals surface area (Å²) in [5, 5.41) is 0. The quantitative estimate of drug-likeness (QED) is 0.729. The van der Waals surface area contributed by atoms with E-state index in [1.54, 1.807) is 26.7 Å². The molecule has 3 aromatic rings. The summed E-state index contributed by atoms with van der Waals surface area (Å²) >= 11 is 0. The maximum atomic E-state index is 5.29. The highest BCUT2D eigenvalue weighted by Crippen LogP contribution is 2.31. The van der Waals surface area contributed by atoms with Crippen LogP contribution in [0.2, 0.25) is 0 Å². The normalized spacial score (nSPS) is 10.8. The number of ether oxygens (including phenoxy) is 2. The SMILES string of the molecule is COc1ccc(-c2ncc3c(ncn3C)n2)cc1OC. The number of rotatable bonds is 3. The first-order valence-corrected chi connectivity index (χ1v) is 6.09. The Morgan fingerprint density at radius 1 is 1.05 bits per heavy atom. The number of hydrogen-bond donors (Lipinski definition) is 0. The number of benzene rings is 1. The summed E-state index contributed by atoms with van der Waals surface area (Å²) in [6.45, 7) is 0. The van der Waals surface area contributed by atoms with Gasteiger partial charge in [-0.05, 0) is 18.2 Å². The Hall–Kier alpha value is -2.63. The third-order valence-electron chi connectivity index (χ3n) is 3.12. The number of fused-ring (bicyclic) bond motifs is 1. The van der Waals surface area contributed by atoms with E-state index in [2.05, 4.69) is 15.0 Å². The first-order valence-electron chi connectivity index (χ1n) is 6.09. The van der Waals surface area contributed by atoms with Crippen molar-refractivity contribution in [3.63, 3.8) is 0 Å². The molecule has 0 fully saturated rings. The van der Waals surface area contributed by atoms with Crippen LogP contribution in [0.15, 0.2) is 30.7 Å². The highest BCUT2D eigenvalue weighted by Gasteiger charge is 2.10. The minimum atomic E-state index is 0.608. The lowest BCUT2D eigenvalue weighted by atomic mass is 10.2. The van der Waals surface area contributed by atoms with E-state index in [0.29, 0.717) is 23.0 Å². The zero-order valence-corrected chi connectivity index (χ0v) is 11.5. The van der Waals surface area contributed by atoms with Gasteiger partial charge in [-0.25, -0.2) is 15.0 Å². The minimum Gasteiger partial charge on any atom is -0.493 e. The lowest BCUT2D eigenvalue weighted by molar-refractivity contribution is 0.355. The molecule has 0 aliphatic carbocycles. The van der Waals surface area contributed by atoms with Crippen LogP contribution in [0.1, 0.15) is 0 Å². The fraction of sp³-hybridized carbons (Fsp3) is 0.214. The molecule has 0 saturated heterocycles. The van der Waals surface area contributed by atoms with Crippen molar-refractivity contribution in [3.8, 4) is 22.9 Å². The Morgan fingerprint density at radius 3 is 2.60 bits per heavy atom. The van der Waals surface area contributed by atoms with Gasteiger partial charge in [-0.2, -0.15) is 0 Å². The second-order valence-electron chi connectivity index (χ2n) is 4.33. The Balaban J connectivity index is 2.10. The van der Waals surface area contributed by atoms with Gasteiger partial charge in [0.05, 0.1) is 26.7 Å². The summed E-state index contributed by atoms with van der Waals surface area (Å²) in [6.07, 6.45) is 3.49. The standard InChI is InChI=1S/C14H14N4O2/c1-18-8-16-14-10(18)7-15-13(17-14)9-4-5-11(19-2)12(6-9)20-3/h4-8H,1-3H3. The number of methoxy groups -OCH3 is 2. The number of imidazole rings is 1. The summed E-state index contributed by atoms with van der Waals surface area (Å²) in [7, 11) is 5.12. The maximum absolute atomic E-state index is 5.29. The van der Waals surface area contributed by atoms with Gasteiger partial charge in [0.25, 0.3) is 0 Å². The van der Waals surface area contributed by atoms with Crippen molar-refractivity contribution < 1.29 is 9.47 Å². The van der Waals surface area contributed by atoms with E-state index < -0.39 is 0 Å². The molecule has 20 heavy (non-hydrogen) atoms. The van der Waals surface area contributed by atoms with Crippen LogP contribution < -0.4 is 9.47 Å². The van der Waals surface area contributed by atoms with E-state index in [0.717, 1.165) is 11.1 Å². The second-order valence-corrected chi connectivity index (χ2v) is 4.33. The summed E-state index contributed by atoms with van der Waals surface area (Å²) in [5.74, 6) is 1.93. The van der Waals surface area contributed by atoms with Gasteiger partial charge in [-0.15, -0.1) is 0 Å². The third kappa shape index (κ3) is 1.95. The van der Waals surface area contributed by atoms with E-state index in [1.165, 1.54) is 0 Å². The van der Waals surface area contributed by atoms with Crippen molar-refractivity contribution >= 4 is 11.2 Å². The summed E-state index contributed by atoms with van der Waals surface area (Å²) < 4.78 is 12.4. The average Bonchev–Trinajstić information content (AvgIpc) is 2.87. The third-order valence-corrected chi connectivity index (χ3v) is 3.12. The lowest BCUT2D eigenvalue weighted by Crippen LogP contribution is -1.94. The van der Waals surface area contributed by atoms with Gasteiger partial charge >= 0.3 is 0 Å². The van der Waals surface area contributed by atoms with Crippen molar-refractivity contribution in [1.82, 2.24) is 19.5 Å². The molecule has 102 valence electrons. The van der Waals surface area contributed by atoms with Crippen LogP contribution in [-0.2, 0) is 7.05 Å². The monoisotopic (exact) mass is 270 g/mol. The molecule has 2 aromatic heterocycles. The van der Waals surface area contributed by atoms with E-state index in [4.69, 9.17) is 9.47 Å². The molecule has 0 unspecified atom stereocenters. The van der Waals surface area contributed by atoms with Gasteiger partial charge in [-0.3, -0.25) is 0 Å². The Labute approximate surface area is 116 Å². The zero-order chi connectivity index (χ0) is 14.1. The molecular formula is C14H14N4O2. The Kier molecular flexibility index (Phi) is 2.98. The van der Waals surface area contributed by atoms with Gasteiger partial charge in [-0.1, -0.05) is 0 Å². The molecular weight excluding hydrogens is 256 g/mol. The molecule has 3 rings (SSSR count). The largest absolute Gasteiger partial charge is 0.493 e. The molecule has 0 amide bonds. The molecule has 0 aliphatic heterocycles. The van der Waals surface area contributed by atoms with Gasteiger partial charge in [0.2, 0.25) is 0 Å². The van der Waals surface area contributed by atoms with E-state index >= 15 is 0 Å². The molecule has 1 aromatic carbocycles. The smallest absolute Gasteiger partial charge is 0.181 e. The van der Waals surface area contributed by atoms with Crippen LogP contribution in [-0.4, -0.2) is 33.7 Å². The summed E-state index contributed by atoms with van der Waals surface area (Å²) in [5.41, 5.74) is 2.43. The van der Waals surface area contributed by atoms with Crippen molar-refractivity contribution in [2.45, 2.75) is 0 Å². The van der Waals surface area contributed by atoms with E-state index in [1.807, 2.05) is 29.8 Å². The van der Waals surface area contributed by atoms with Crippen LogP contribution in [0.4, 0.5) is 0 Å². The van der Waals surface area contributed by atoms with Crippen LogP contribution >= 0.6 is 0 Å². The van der Waals surface area contributed by atoms with Crippen molar-refractivity contribution in [2.75, 3.05) is 14.2 Å². The van der Waals surface area contributed by atoms with Crippen LogP contribution in [0.5, 0.6) is 11.5 Å². The minimum absolute atomic E-state index is 0.608. The molecule has 2 heterocycles.